The predicted molar refractivity (Wildman–Crippen MR) is 66.1 cm³/mol. The number of rotatable bonds is 5. The van der Waals surface area contributed by atoms with Gasteiger partial charge in [-0.05, 0) is 29.9 Å². The molecule has 2 N–H and O–H groups in total. The van der Waals surface area contributed by atoms with Gasteiger partial charge in [0.15, 0.2) is 0 Å². The Labute approximate surface area is 95.0 Å². The fraction of sp³-hybridized carbons (Fsp3) is 0.455. The Kier molecular flexibility index (Phi) is 5.38. The average molecular weight is 230 g/mol. The van der Waals surface area contributed by atoms with Gasteiger partial charge in [0.05, 0.1) is 0 Å². The molecule has 0 heterocycles. The summed E-state index contributed by atoms with van der Waals surface area (Å²) in [6.45, 7) is 2.15. The molecule has 3 heteroatoms. The van der Waals surface area contributed by atoms with Gasteiger partial charge in [0.2, 0.25) is 0 Å². The monoisotopic (exact) mass is 229 g/mol. The molecule has 0 radical (unpaired) electrons. The molecule has 0 aliphatic rings. The molecule has 78 valence electrons. The highest BCUT2D eigenvalue weighted by molar-refractivity contribution is 7.99. The van der Waals surface area contributed by atoms with Gasteiger partial charge in [-0.2, -0.15) is 11.8 Å². The van der Waals surface area contributed by atoms with Crippen molar-refractivity contribution in [3.63, 3.8) is 0 Å². The van der Waals surface area contributed by atoms with Crippen LogP contribution < -0.4 is 5.73 Å². The minimum atomic E-state index is 0.251. The van der Waals surface area contributed by atoms with Crippen LogP contribution in [0.15, 0.2) is 24.3 Å². The lowest BCUT2D eigenvalue weighted by molar-refractivity contribution is 0.749. The van der Waals surface area contributed by atoms with Crippen molar-refractivity contribution in [2.75, 3.05) is 11.5 Å². The number of hydrogen-bond donors (Lipinski definition) is 1. The first-order valence-electron chi connectivity index (χ1n) is 4.80. The largest absolute Gasteiger partial charge is 0.327 e. The number of nitrogens with two attached hydrogens (primary N) is 1. The Hall–Kier alpha value is -0.180. The van der Waals surface area contributed by atoms with Gasteiger partial charge in [-0.25, -0.2) is 0 Å². The smallest absolute Gasteiger partial charge is 0.0406 e. The number of thioether (sulfide) groups is 1. The molecular formula is C11H16ClNS. The minimum absolute atomic E-state index is 0.251. The summed E-state index contributed by atoms with van der Waals surface area (Å²) in [6, 6.07) is 8.16. The summed E-state index contributed by atoms with van der Waals surface area (Å²) >= 11 is 7.68. The van der Waals surface area contributed by atoms with Gasteiger partial charge in [0.1, 0.15) is 0 Å². The van der Waals surface area contributed by atoms with Crippen molar-refractivity contribution in [3.05, 3.63) is 34.9 Å². The van der Waals surface area contributed by atoms with Crippen LogP contribution in [0.5, 0.6) is 0 Å². The molecule has 0 aliphatic heterocycles. The molecule has 1 rings (SSSR count). The van der Waals surface area contributed by atoms with Gasteiger partial charge in [0, 0.05) is 16.8 Å². The van der Waals surface area contributed by atoms with Crippen molar-refractivity contribution in [1.29, 1.82) is 0 Å². The zero-order valence-corrected chi connectivity index (χ0v) is 9.94. The second-order valence-corrected chi connectivity index (χ2v) is 5.01. The highest BCUT2D eigenvalue weighted by Gasteiger charge is 2.03. The molecule has 0 saturated heterocycles. The number of halogens is 1. The first-order valence-corrected chi connectivity index (χ1v) is 6.33. The lowest BCUT2D eigenvalue weighted by Gasteiger charge is -2.10. The van der Waals surface area contributed by atoms with E-state index in [0.29, 0.717) is 0 Å². The van der Waals surface area contributed by atoms with Crippen LogP contribution in [-0.4, -0.2) is 17.5 Å². The first kappa shape index (κ1) is 11.9. The Morgan fingerprint density at radius 3 is 2.57 bits per heavy atom. The summed E-state index contributed by atoms with van der Waals surface area (Å²) < 4.78 is 0. The zero-order valence-electron chi connectivity index (χ0n) is 8.37. The van der Waals surface area contributed by atoms with Crippen molar-refractivity contribution in [2.45, 2.75) is 19.4 Å². The van der Waals surface area contributed by atoms with E-state index in [4.69, 9.17) is 17.3 Å². The Balaban J connectivity index is 2.39. The van der Waals surface area contributed by atoms with E-state index in [2.05, 4.69) is 6.92 Å². The Morgan fingerprint density at radius 1 is 1.36 bits per heavy atom. The summed E-state index contributed by atoms with van der Waals surface area (Å²) in [5.41, 5.74) is 7.24. The summed E-state index contributed by atoms with van der Waals surface area (Å²) in [6.07, 6.45) is 0.935. The van der Waals surface area contributed by atoms with Gasteiger partial charge in [-0.1, -0.05) is 30.7 Å². The second-order valence-electron chi connectivity index (χ2n) is 3.25. The van der Waals surface area contributed by atoms with Gasteiger partial charge in [-0.15, -0.1) is 0 Å². The van der Waals surface area contributed by atoms with Crippen LogP contribution in [0.2, 0.25) is 5.02 Å². The summed E-state index contributed by atoms with van der Waals surface area (Å²) in [7, 11) is 0. The van der Waals surface area contributed by atoms with Gasteiger partial charge in [-0.3, -0.25) is 0 Å². The van der Waals surface area contributed by atoms with E-state index < -0.39 is 0 Å². The van der Waals surface area contributed by atoms with E-state index in [1.165, 1.54) is 5.56 Å². The van der Waals surface area contributed by atoms with Crippen LogP contribution >= 0.6 is 23.4 Å². The molecule has 0 amide bonds. The fourth-order valence-electron chi connectivity index (χ4n) is 1.25. The molecule has 1 atom stereocenters. The summed E-state index contributed by atoms with van der Waals surface area (Å²) in [5.74, 6) is 2.16. The standard InChI is InChI=1S/C11H16ClNS/c1-2-14-8-11(13)7-9-3-5-10(12)6-4-9/h3-6,11H,2,7-8,13H2,1H3. The average Bonchev–Trinajstić information content (AvgIpc) is 2.18. The molecular weight excluding hydrogens is 214 g/mol. The molecule has 1 aromatic rings. The molecule has 0 bridgehead atoms. The van der Waals surface area contributed by atoms with Crippen molar-refractivity contribution < 1.29 is 0 Å². The van der Waals surface area contributed by atoms with E-state index in [1.807, 2.05) is 36.0 Å². The Morgan fingerprint density at radius 2 is 2.00 bits per heavy atom. The lowest BCUT2D eigenvalue weighted by atomic mass is 10.1. The van der Waals surface area contributed by atoms with E-state index >= 15 is 0 Å². The maximum atomic E-state index is 5.98. The predicted octanol–water partition coefficient (Wildman–Crippen LogP) is 2.96. The highest BCUT2D eigenvalue weighted by atomic mass is 35.5. The van der Waals surface area contributed by atoms with Gasteiger partial charge in [0.25, 0.3) is 0 Å². The van der Waals surface area contributed by atoms with E-state index in [0.717, 1.165) is 22.9 Å². The number of hydrogen-bond acceptors (Lipinski definition) is 2. The molecule has 14 heavy (non-hydrogen) atoms. The molecule has 1 unspecified atom stereocenters. The van der Waals surface area contributed by atoms with Crippen LogP contribution in [0, 0.1) is 0 Å². The minimum Gasteiger partial charge on any atom is -0.327 e. The van der Waals surface area contributed by atoms with Crippen molar-refractivity contribution >= 4 is 23.4 Å². The highest BCUT2D eigenvalue weighted by Crippen LogP contribution is 2.12. The van der Waals surface area contributed by atoms with Crippen LogP contribution in [0.1, 0.15) is 12.5 Å². The SMILES string of the molecule is CCSCC(N)Cc1ccc(Cl)cc1. The quantitative estimate of drug-likeness (QED) is 0.840. The van der Waals surface area contributed by atoms with Crippen LogP contribution in [-0.2, 0) is 6.42 Å². The van der Waals surface area contributed by atoms with E-state index in [1.54, 1.807) is 0 Å². The molecule has 1 aromatic carbocycles. The summed E-state index contributed by atoms with van der Waals surface area (Å²) in [5, 5.41) is 0.783. The van der Waals surface area contributed by atoms with Crippen molar-refractivity contribution in [1.82, 2.24) is 0 Å². The molecule has 0 fully saturated rings. The normalized spacial score (nSPS) is 12.8. The van der Waals surface area contributed by atoms with Gasteiger partial charge >= 0.3 is 0 Å². The maximum absolute atomic E-state index is 5.98. The van der Waals surface area contributed by atoms with E-state index in [9.17, 15) is 0 Å². The van der Waals surface area contributed by atoms with Crippen molar-refractivity contribution in [2.24, 2.45) is 5.73 Å². The zero-order chi connectivity index (χ0) is 10.4. The number of benzene rings is 1. The molecule has 0 saturated carbocycles. The second kappa shape index (κ2) is 6.33. The topological polar surface area (TPSA) is 26.0 Å². The van der Waals surface area contributed by atoms with Gasteiger partial charge < -0.3 is 5.73 Å². The third-order valence-corrected chi connectivity index (χ3v) is 3.27. The third kappa shape index (κ3) is 4.36. The summed E-state index contributed by atoms with van der Waals surface area (Å²) in [4.78, 5) is 0. The van der Waals surface area contributed by atoms with Crippen molar-refractivity contribution in [3.8, 4) is 0 Å². The maximum Gasteiger partial charge on any atom is 0.0406 e. The molecule has 0 aromatic heterocycles. The lowest BCUT2D eigenvalue weighted by Crippen LogP contribution is -2.25. The molecule has 0 aliphatic carbocycles. The molecule has 1 nitrogen and oxygen atoms in total. The molecule has 0 spiro atoms. The van der Waals surface area contributed by atoms with Crippen LogP contribution in [0.4, 0.5) is 0 Å². The van der Waals surface area contributed by atoms with Crippen LogP contribution in [0.3, 0.4) is 0 Å². The van der Waals surface area contributed by atoms with E-state index in [-0.39, 0.29) is 6.04 Å². The third-order valence-electron chi connectivity index (χ3n) is 1.95. The van der Waals surface area contributed by atoms with Crippen LogP contribution in [0.25, 0.3) is 0 Å². The first-order chi connectivity index (χ1) is 6.72. The fourth-order valence-corrected chi connectivity index (χ4v) is 2.03. The Bertz CT molecular complexity index is 260.